The minimum absolute atomic E-state index is 0.381. The summed E-state index contributed by atoms with van der Waals surface area (Å²) in [6.07, 6.45) is -18.8. The molecule has 0 spiro atoms. The van der Waals surface area contributed by atoms with E-state index in [0.29, 0.717) is 0 Å². The normalized spacial score (nSPS) is 29.0. The zero-order valence-corrected chi connectivity index (χ0v) is 29.5. The molecule has 0 saturated carbocycles. The highest BCUT2D eigenvalue weighted by Crippen LogP contribution is 2.42. The van der Waals surface area contributed by atoms with E-state index >= 15 is 0 Å². The molecule has 51 heavy (non-hydrogen) atoms. The van der Waals surface area contributed by atoms with E-state index in [9.17, 15) is 59.9 Å². The van der Waals surface area contributed by atoms with Crippen LogP contribution in [0.1, 0.15) is 13.3 Å². The van der Waals surface area contributed by atoms with Crippen LogP contribution in [0.5, 0.6) is 0 Å². The third kappa shape index (κ3) is 19.3. The van der Waals surface area contributed by atoms with Crippen molar-refractivity contribution in [3.8, 4) is 0 Å². The molecule has 2 rings (SSSR count). The largest absolute Gasteiger partial charge is 0.726 e. The minimum atomic E-state index is -5.73. The molecule has 3 unspecified atom stereocenters. The van der Waals surface area contributed by atoms with Gasteiger partial charge in [0.05, 0.1) is 12.7 Å². The zero-order chi connectivity index (χ0) is 40.6. The summed E-state index contributed by atoms with van der Waals surface area (Å²) in [4.78, 5) is 17.1. The smallest absolute Gasteiger partial charge is 0.229 e. The first-order valence-electron chi connectivity index (χ1n) is 11.3. The highest BCUT2D eigenvalue weighted by molar-refractivity contribution is 7.81. The maximum atomic E-state index is 11.3. The van der Waals surface area contributed by atoms with Crippen LogP contribution in [0.4, 0.5) is 0 Å². The maximum Gasteiger partial charge on any atom is 0.229 e. The van der Waals surface area contributed by atoms with Crippen molar-refractivity contribution in [2.24, 2.45) is 0 Å². The first-order valence-corrected chi connectivity index (χ1v) is 16.6. The third-order valence-electron chi connectivity index (χ3n) is 5.36. The van der Waals surface area contributed by atoms with E-state index in [-0.39, 0.29) is 6.42 Å². The Kier molecular flexibility index (Phi) is 29.5. The van der Waals surface area contributed by atoms with Crippen LogP contribution in [-0.2, 0) is 148 Å². The van der Waals surface area contributed by atoms with Gasteiger partial charge in [-0.3, -0.25) is 32.7 Å². The van der Waals surface area contributed by atoms with E-state index < -0.39 is 99.2 Å². The van der Waals surface area contributed by atoms with Gasteiger partial charge in [-0.25, -0.2) is 44.8 Å². The molecule has 0 bridgehead atoms. The third-order valence-corrected chi connectivity index (χ3v) is 6.65. The average Bonchev–Trinajstić information content (AvgIpc) is 3.35. The monoisotopic (exact) mass is 893 g/mol. The summed E-state index contributed by atoms with van der Waals surface area (Å²) >= 11 is 11.3. The SMILES string of the molecule is CC[C@H]1O[C@@](COS(=O)(=O)[O-])(O[C@@H]2OC(COS(=O)(=O)[O-])[C@@H](OO[O-])[C@H](OO[O-])C2OO[O-])C(OO[O-])[C@H]1OS(=O)(=O)[O-].O=S.O=S.O=S.O=S. The van der Waals surface area contributed by atoms with Crippen molar-refractivity contribution in [2.75, 3.05) is 13.2 Å². The van der Waals surface area contributed by atoms with Crippen molar-refractivity contribution in [3.63, 3.8) is 0 Å². The van der Waals surface area contributed by atoms with Gasteiger partial charge in [0.2, 0.25) is 37.0 Å². The lowest BCUT2D eigenvalue weighted by Gasteiger charge is -2.46. The fourth-order valence-electron chi connectivity index (χ4n) is 3.89. The summed E-state index contributed by atoms with van der Waals surface area (Å²) in [5.41, 5.74) is 0. The summed E-state index contributed by atoms with van der Waals surface area (Å²) in [6, 6.07) is 0. The second-order valence-electron chi connectivity index (χ2n) is 7.84. The fourth-order valence-corrected chi connectivity index (χ4v) is 4.99. The molecule has 2 fully saturated rings. The van der Waals surface area contributed by atoms with E-state index in [1.165, 1.54) is 6.92 Å². The molecule has 0 aliphatic carbocycles. The quantitative estimate of drug-likeness (QED) is 0.0503. The number of hydrogen-bond acceptors (Lipinski definition) is 35. The molecule has 0 aromatic carbocycles. The lowest BCUT2D eigenvalue weighted by Crippen LogP contribution is -2.65. The maximum absolute atomic E-state index is 11.3. The van der Waals surface area contributed by atoms with Crippen molar-refractivity contribution in [1.82, 2.24) is 0 Å². The average molecular weight is 894 g/mol. The molecule has 38 heteroatoms. The Balaban J connectivity index is -0.00000268. The lowest BCUT2D eigenvalue weighted by molar-refractivity contribution is -0.834. The van der Waals surface area contributed by atoms with E-state index in [2.05, 4.69) is 102 Å². The predicted octanol–water partition coefficient (Wildman–Crippen LogP) is -9.94. The van der Waals surface area contributed by atoms with Crippen LogP contribution in [-0.4, -0.2) is 124 Å². The highest BCUT2D eigenvalue weighted by atomic mass is 32.3. The molecule has 2 aliphatic rings. The summed E-state index contributed by atoms with van der Waals surface area (Å²) in [6.45, 7) is -1.97. The molecule has 2 saturated heterocycles. The standard InChI is InChI=1S/C13H24O27S3.4OS/c1-2-5-8(36-43(24,25)26)11(35-40-17)13(30-5,4-28-42(21,22)23)31-12-10(34-39-16)9(33-38-15)7(32-37-14)6(29-12)3-27-41(18,19)20;4*1-2/h5-12,14-17H,2-4H2,1H3,(H,18,19,20)(H,21,22,23)(H,24,25,26);;;;/p-7/t5-,6?,7-,8+,9+,10?,11?,12+,13+;;;;/m1..../s1. The van der Waals surface area contributed by atoms with Crippen molar-refractivity contribution in [3.05, 3.63) is 0 Å². The van der Waals surface area contributed by atoms with E-state index in [4.69, 9.17) is 31.0 Å². The number of hydrogen-bond donors (Lipinski definition) is 0. The topological polar surface area (TPSA) is 461 Å². The second-order valence-corrected chi connectivity index (χ2v) is 11.0. The molecule has 0 N–H and O–H groups in total. The van der Waals surface area contributed by atoms with E-state index in [1.54, 1.807) is 0 Å². The fraction of sp³-hybridized carbons (Fsp3) is 1.00. The summed E-state index contributed by atoms with van der Waals surface area (Å²) < 4.78 is 160. The molecule has 0 aromatic rings. The first-order chi connectivity index (χ1) is 23.9. The Hall–Kier alpha value is -0.910. The van der Waals surface area contributed by atoms with Gasteiger partial charge in [0, 0.05) is 0 Å². The molecular formula is C13H17O31S7-7. The van der Waals surface area contributed by atoms with Crippen LogP contribution in [0.25, 0.3) is 0 Å². The molecule has 0 aromatic heterocycles. The molecular weight excluding hydrogens is 877 g/mol. The van der Waals surface area contributed by atoms with Gasteiger partial charge < -0.3 is 48.9 Å². The van der Waals surface area contributed by atoms with Crippen LogP contribution >= 0.6 is 0 Å². The number of rotatable bonds is 19. The Morgan fingerprint density at radius 1 is 0.608 bits per heavy atom. The van der Waals surface area contributed by atoms with Gasteiger partial charge in [0.15, 0.2) is 80.8 Å². The molecule has 31 nitrogen and oxygen atoms in total. The van der Waals surface area contributed by atoms with Crippen LogP contribution in [0.2, 0.25) is 0 Å². The Bertz CT molecular complexity index is 1250. The first kappa shape index (κ1) is 54.4. The van der Waals surface area contributed by atoms with Crippen molar-refractivity contribution < 1.29 is 143 Å². The Morgan fingerprint density at radius 3 is 1.47 bits per heavy atom. The van der Waals surface area contributed by atoms with E-state index in [0.717, 1.165) is 0 Å². The molecule has 0 radical (unpaired) electrons. The molecule has 0 amide bonds. The van der Waals surface area contributed by atoms with Crippen molar-refractivity contribution in [2.45, 2.75) is 68.1 Å². The van der Waals surface area contributed by atoms with Crippen molar-refractivity contribution in [1.29, 1.82) is 0 Å². The van der Waals surface area contributed by atoms with Crippen LogP contribution in [0, 0.1) is 0 Å². The zero-order valence-electron chi connectivity index (χ0n) is 23.8. The van der Waals surface area contributed by atoms with Gasteiger partial charge in [0.1, 0.15) is 18.8 Å². The molecule has 304 valence electrons. The molecule has 9 atom stereocenters. The summed E-state index contributed by atoms with van der Waals surface area (Å²) in [7, 11) is -17.0. The number of ether oxygens (including phenoxy) is 3. The predicted molar refractivity (Wildman–Crippen MR) is 130 cm³/mol. The Morgan fingerprint density at radius 2 is 1.06 bits per heavy atom. The van der Waals surface area contributed by atoms with Crippen LogP contribution in [0.15, 0.2) is 0 Å². The van der Waals surface area contributed by atoms with Gasteiger partial charge in [-0.05, 0) is 6.42 Å². The van der Waals surface area contributed by atoms with Crippen molar-refractivity contribution >= 4 is 81.3 Å². The van der Waals surface area contributed by atoms with Gasteiger partial charge in [-0.15, -0.1) is 0 Å². The van der Waals surface area contributed by atoms with E-state index in [1.807, 2.05) is 0 Å². The summed E-state index contributed by atoms with van der Waals surface area (Å²) in [5, 5.41) is 56.1. The van der Waals surface area contributed by atoms with Crippen LogP contribution in [0.3, 0.4) is 0 Å². The van der Waals surface area contributed by atoms with Gasteiger partial charge >= 0.3 is 0 Å². The van der Waals surface area contributed by atoms with Gasteiger partial charge in [0.25, 0.3) is 0 Å². The lowest BCUT2D eigenvalue weighted by atomic mass is 9.98. The highest BCUT2D eigenvalue weighted by Gasteiger charge is 2.63. The summed E-state index contributed by atoms with van der Waals surface area (Å²) in [5.74, 6) is -3.21. The second kappa shape index (κ2) is 27.6. The van der Waals surface area contributed by atoms with Gasteiger partial charge in [-0.1, -0.05) is 6.92 Å². The minimum Gasteiger partial charge on any atom is -0.726 e. The van der Waals surface area contributed by atoms with Gasteiger partial charge in [-0.2, -0.15) is 16.8 Å². The van der Waals surface area contributed by atoms with Crippen LogP contribution < -0.4 is 21.0 Å². The Labute approximate surface area is 305 Å². The molecule has 2 heterocycles. The molecule has 2 aliphatic heterocycles.